The Balaban J connectivity index is 1.71. The van der Waals surface area contributed by atoms with E-state index >= 15 is 0 Å². The molecule has 1 amide bonds. The van der Waals surface area contributed by atoms with Crippen molar-refractivity contribution in [2.24, 2.45) is 0 Å². The van der Waals surface area contributed by atoms with E-state index in [4.69, 9.17) is 9.47 Å². The van der Waals surface area contributed by atoms with Crippen LogP contribution in [-0.2, 0) is 20.7 Å². The highest BCUT2D eigenvalue weighted by Gasteiger charge is 2.45. The standard InChI is InChI=1S/C14H19NO3S/c1-17-12-8-15(11-3-2-5-18-14(11)12)13(16)7-10-4-6-19-9-10/h4,6,9,11-12,14H,2-3,5,7-8H2,1H3/t11-,12+,14+/m1/s1. The Morgan fingerprint density at radius 2 is 2.53 bits per heavy atom. The summed E-state index contributed by atoms with van der Waals surface area (Å²) >= 11 is 1.63. The number of likely N-dealkylation sites (tertiary alicyclic amines) is 1. The molecule has 3 atom stereocenters. The average molecular weight is 281 g/mol. The molecule has 0 aliphatic carbocycles. The number of ether oxygens (including phenoxy) is 2. The van der Waals surface area contributed by atoms with Crippen LogP contribution in [0, 0.1) is 0 Å². The Morgan fingerprint density at radius 1 is 1.63 bits per heavy atom. The maximum absolute atomic E-state index is 12.4. The van der Waals surface area contributed by atoms with Crippen LogP contribution >= 0.6 is 11.3 Å². The van der Waals surface area contributed by atoms with Gasteiger partial charge in [-0.2, -0.15) is 11.3 Å². The third-order valence-corrected chi connectivity index (χ3v) is 4.77. The van der Waals surface area contributed by atoms with Gasteiger partial charge >= 0.3 is 0 Å². The van der Waals surface area contributed by atoms with Gasteiger partial charge in [0.15, 0.2) is 0 Å². The molecule has 0 saturated carbocycles. The largest absolute Gasteiger partial charge is 0.377 e. The summed E-state index contributed by atoms with van der Waals surface area (Å²) in [5, 5.41) is 4.05. The molecule has 1 aromatic heterocycles. The van der Waals surface area contributed by atoms with Gasteiger partial charge in [-0.05, 0) is 35.2 Å². The molecule has 3 rings (SSSR count). The number of hydrogen-bond acceptors (Lipinski definition) is 4. The number of nitrogens with zero attached hydrogens (tertiary/aromatic N) is 1. The molecule has 0 N–H and O–H groups in total. The molecule has 5 heteroatoms. The van der Waals surface area contributed by atoms with Crippen LogP contribution in [0.15, 0.2) is 16.8 Å². The fraction of sp³-hybridized carbons (Fsp3) is 0.643. The minimum Gasteiger partial charge on any atom is -0.377 e. The molecular weight excluding hydrogens is 262 g/mol. The highest BCUT2D eigenvalue weighted by molar-refractivity contribution is 7.07. The van der Waals surface area contributed by atoms with Crippen molar-refractivity contribution in [2.45, 2.75) is 37.5 Å². The van der Waals surface area contributed by atoms with Gasteiger partial charge in [0.05, 0.1) is 12.5 Å². The van der Waals surface area contributed by atoms with E-state index in [1.807, 2.05) is 21.7 Å². The second-order valence-corrected chi connectivity index (χ2v) is 5.95. The summed E-state index contributed by atoms with van der Waals surface area (Å²) in [4.78, 5) is 14.4. The zero-order chi connectivity index (χ0) is 13.2. The van der Waals surface area contributed by atoms with Crippen LogP contribution in [0.3, 0.4) is 0 Å². The molecule has 4 nitrogen and oxygen atoms in total. The Hall–Kier alpha value is -0.910. The molecule has 104 valence electrons. The van der Waals surface area contributed by atoms with Crippen LogP contribution in [-0.4, -0.2) is 49.3 Å². The first-order chi connectivity index (χ1) is 9.29. The molecule has 0 bridgehead atoms. The third kappa shape index (κ3) is 2.55. The molecular formula is C14H19NO3S. The van der Waals surface area contributed by atoms with Crippen molar-refractivity contribution in [2.75, 3.05) is 20.3 Å². The van der Waals surface area contributed by atoms with Gasteiger partial charge in [-0.3, -0.25) is 4.79 Å². The van der Waals surface area contributed by atoms with Gasteiger partial charge in [0.25, 0.3) is 0 Å². The summed E-state index contributed by atoms with van der Waals surface area (Å²) < 4.78 is 11.3. The summed E-state index contributed by atoms with van der Waals surface area (Å²) in [5.74, 6) is 0.193. The minimum absolute atomic E-state index is 0.0247. The molecule has 2 fully saturated rings. The lowest BCUT2D eigenvalue weighted by Gasteiger charge is -2.32. The van der Waals surface area contributed by atoms with Gasteiger partial charge in [0, 0.05) is 20.3 Å². The highest BCUT2D eigenvalue weighted by Crippen LogP contribution is 2.30. The van der Waals surface area contributed by atoms with Crippen LogP contribution in [0.25, 0.3) is 0 Å². The maximum Gasteiger partial charge on any atom is 0.227 e. The first-order valence-electron chi connectivity index (χ1n) is 6.74. The number of carbonyl (C=O) groups excluding carboxylic acids is 1. The van der Waals surface area contributed by atoms with Crippen LogP contribution in [0.5, 0.6) is 0 Å². The zero-order valence-corrected chi connectivity index (χ0v) is 11.9. The molecule has 2 aliphatic heterocycles. The van der Waals surface area contributed by atoms with Crippen LogP contribution < -0.4 is 0 Å². The number of rotatable bonds is 3. The Morgan fingerprint density at radius 3 is 3.26 bits per heavy atom. The van der Waals surface area contributed by atoms with E-state index in [9.17, 15) is 4.79 Å². The number of methoxy groups -OCH3 is 1. The number of amides is 1. The lowest BCUT2D eigenvalue weighted by Crippen LogP contribution is -2.44. The molecule has 3 heterocycles. The molecule has 1 aromatic rings. The predicted octanol–water partition coefficient (Wildman–Crippen LogP) is 1.70. The van der Waals surface area contributed by atoms with E-state index in [-0.39, 0.29) is 24.2 Å². The monoisotopic (exact) mass is 281 g/mol. The maximum atomic E-state index is 12.4. The van der Waals surface area contributed by atoms with E-state index in [0.717, 1.165) is 25.0 Å². The molecule has 2 aliphatic rings. The normalized spacial score (nSPS) is 30.4. The van der Waals surface area contributed by atoms with Crippen LogP contribution in [0.1, 0.15) is 18.4 Å². The number of fused-ring (bicyclic) bond motifs is 1. The summed E-state index contributed by atoms with van der Waals surface area (Å²) in [6.45, 7) is 1.45. The fourth-order valence-electron chi connectivity index (χ4n) is 3.07. The first-order valence-corrected chi connectivity index (χ1v) is 7.69. The van der Waals surface area contributed by atoms with Gasteiger partial charge in [-0.1, -0.05) is 0 Å². The fourth-order valence-corrected chi connectivity index (χ4v) is 3.74. The van der Waals surface area contributed by atoms with Crippen molar-refractivity contribution >= 4 is 17.2 Å². The summed E-state index contributed by atoms with van der Waals surface area (Å²) in [7, 11) is 1.70. The third-order valence-electron chi connectivity index (χ3n) is 4.04. The van der Waals surface area contributed by atoms with E-state index in [0.29, 0.717) is 13.0 Å². The van der Waals surface area contributed by atoms with Crippen LogP contribution in [0.4, 0.5) is 0 Å². The number of carbonyl (C=O) groups is 1. The summed E-state index contributed by atoms with van der Waals surface area (Å²) in [6.07, 6.45) is 2.63. The second kappa shape index (κ2) is 5.61. The lowest BCUT2D eigenvalue weighted by molar-refractivity contribution is -0.134. The van der Waals surface area contributed by atoms with E-state index in [1.165, 1.54) is 0 Å². The van der Waals surface area contributed by atoms with Crippen molar-refractivity contribution in [1.29, 1.82) is 0 Å². The summed E-state index contributed by atoms with van der Waals surface area (Å²) in [5.41, 5.74) is 1.10. The lowest BCUT2D eigenvalue weighted by atomic mass is 10.0. The molecule has 0 unspecified atom stereocenters. The first kappa shape index (κ1) is 13.1. The topological polar surface area (TPSA) is 38.8 Å². The smallest absolute Gasteiger partial charge is 0.227 e. The molecule has 2 saturated heterocycles. The van der Waals surface area contributed by atoms with E-state index < -0.39 is 0 Å². The Kier molecular flexibility index (Phi) is 3.86. The van der Waals surface area contributed by atoms with Crippen molar-refractivity contribution in [3.8, 4) is 0 Å². The SMILES string of the molecule is CO[C@H]1CN(C(=O)Cc2ccsc2)[C@@H]2CCCO[C@H]12. The van der Waals surface area contributed by atoms with Crippen molar-refractivity contribution in [3.63, 3.8) is 0 Å². The molecule has 0 radical (unpaired) electrons. The predicted molar refractivity (Wildman–Crippen MR) is 73.3 cm³/mol. The average Bonchev–Trinajstić information content (AvgIpc) is 3.05. The van der Waals surface area contributed by atoms with Gasteiger partial charge in [0.1, 0.15) is 12.2 Å². The molecule has 19 heavy (non-hydrogen) atoms. The van der Waals surface area contributed by atoms with Gasteiger partial charge < -0.3 is 14.4 Å². The molecule has 0 spiro atoms. The van der Waals surface area contributed by atoms with Crippen molar-refractivity contribution in [3.05, 3.63) is 22.4 Å². The number of hydrogen-bond donors (Lipinski definition) is 0. The minimum atomic E-state index is 0.0247. The molecule has 0 aromatic carbocycles. The Bertz CT molecular complexity index is 434. The van der Waals surface area contributed by atoms with Crippen molar-refractivity contribution in [1.82, 2.24) is 4.90 Å². The van der Waals surface area contributed by atoms with Crippen LogP contribution in [0.2, 0.25) is 0 Å². The second-order valence-electron chi connectivity index (χ2n) is 5.17. The number of thiophene rings is 1. The summed E-state index contributed by atoms with van der Waals surface area (Å²) in [6, 6.07) is 2.21. The zero-order valence-electron chi connectivity index (χ0n) is 11.1. The van der Waals surface area contributed by atoms with E-state index in [1.54, 1.807) is 18.4 Å². The quantitative estimate of drug-likeness (QED) is 0.846. The van der Waals surface area contributed by atoms with Crippen molar-refractivity contribution < 1.29 is 14.3 Å². The van der Waals surface area contributed by atoms with E-state index in [2.05, 4.69) is 0 Å². The Labute approximate surface area is 117 Å². The van der Waals surface area contributed by atoms with Gasteiger partial charge in [-0.25, -0.2) is 0 Å². The highest BCUT2D eigenvalue weighted by atomic mass is 32.1. The van der Waals surface area contributed by atoms with Gasteiger partial charge in [-0.15, -0.1) is 0 Å². The van der Waals surface area contributed by atoms with Gasteiger partial charge in [0.2, 0.25) is 5.91 Å².